The van der Waals surface area contributed by atoms with Crippen molar-refractivity contribution in [3.63, 3.8) is 0 Å². The second-order valence-electron chi connectivity index (χ2n) is 7.64. The Hall–Kier alpha value is -3.37. The van der Waals surface area contributed by atoms with Crippen molar-refractivity contribution in [3.8, 4) is 0 Å². The van der Waals surface area contributed by atoms with Crippen LogP contribution in [0.3, 0.4) is 0 Å². The van der Waals surface area contributed by atoms with Gasteiger partial charge < -0.3 is 20.0 Å². The molecule has 4 aromatic rings. The molecule has 0 spiro atoms. The summed E-state index contributed by atoms with van der Waals surface area (Å²) < 4.78 is 7.33. The van der Waals surface area contributed by atoms with Crippen LogP contribution in [-0.4, -0.2) is 43.9 Å². The van der Waals surface area contributed by atoms with E-state index in [1.165, 1.54) is 11.8 Å². The van der Waals surface area contributed by atoms with Gasteiger partial charge in [-0.1, -0.05) is 23.9 Å². The molecule has 2 aromatic heterocycles. The van der Waals surface area contributed by atoms with E-state index in [0.29, 0.717) is 45.9 Å². The number of H-pyrrole nitrogens is 2. The summed E-state index contributed by atoms with van der Waals surface area (Å²) in [7, 11) is 0. The number of carbonyl (C=O) groups is 1. The summed E-state index contributed by atoms with van der Waals surface area (Å²) in [6.45, 7) is 1.11. The van der Waals surface area contributed by atoms with Gasteiger partial charge in [0.15, 0.2) is 5.16 Å². The summed E-state index contributed by atoms with van der Waals surface area (Å²) in [6, 6.07) is 12.3. The number of hydrogen-bond donors (Lipinski definition) is 3. The highest BCUT2D eigenvalue weighted by Crippen LogP contribution is 2.22. The largest absolute Gasteiger partial charge is 0.376 e. The average Bonchev–Trinajstić information content (AvgIpc) is 3.43. The van der Waals surface area contributed by atoms with Crippen LogP contribution in [0.25, 0.3) is 21.9 Å². The number of hydrogen-bond acceptors (Lipinski definition) is 6. The van der Waals surface area contributed by atoms with Crippen molar-refractivity contribution in [2.24, 2.45) is 0 Å². The van der Waals surface area contributed by atoms with E-state index in [1.54, 1.807) is 34.9 Å². The molecule has 1 aliphatic rings. The van der Waals surface area contributed by atoms with E-state index in [9.17, 15) is 14.4 Å². The van der Waals surface area contributed by atoms with Gasteiger partial charge in [0, 0.05) is 12.3 Å². The summed E-state index contributed by atoms with van der Waals surface area (Å²) in [5.41, 5.74) is 2.02. The van der Waals surface area contributed by atoms with Crippen LogP contribution in [0.5, 0.6) is 0 Å². The van der Waals surface area contributed by atoms with Crippen molar-refractivity contribution in [2.45, 2.75) is 30.6 Å². The zero-order chi connectivity index (χ0) is 22.1. The Labute approximate surface area is 186 Å². The number of thioether (sulfide) groups is 1. The molecular weight excluding hydrogens is 430 g/mol. The van der Waals surface area contributed by atoms with Crippen LogP contribution in [0.1, 0.15) is 12.8 Å². The highest BCUT2D eigenvalue weighted by Gasteiger charge is 2.20. The van der Waals surface area contributed by atoms with E-state index in [4.69, 9.17) is 4.74 Å². The van der Waals surface area contributed by atoms with Gasteiger partial charge in [-0.15, -0.1) is 0 Å². The first-order valence-electron chi connectivity index (χ1n) is 10.3. The molecule has 2 aromatic carbocycles. The Morgan fingerprint density at radius 1 is 1.19 bits per heavy atom. The van der Waals surface area contributed by atoms with Gasteiger partial charge in [-0.25, -0.2) is 9.78 Å². The predicted molar refractivity (Wildman–Crippen MR) is 123 cm³/mol. The van der Waals surface area contributed by atoms with Crippen LogP contribution < -0.4 is 16.6 Å². The number of nitrogens with one attached hydrogen (secondary N) is 3. The molecule has 1 aliphatic heterocycles. The third kappa shape index (κ3) is 4.19. The van der Waals surface area contributed by atoms with Crippen molar-refractivity contribution >= 4 is 45.3 Å². The van der Waals surface area contributed by atoms with Crippen LogP contribution in [0, 0.1) is 0 Å². The number of ether oxygens (including phenoxy) is 1. The molecule has 0 radical (unpaired) electrons. The van der Waals surface area contributed by atoms with Gasteiger partial charge in [0.1, 0.15) is 0 Å². The lowest BCUT2D eigenvalue weighted by molar-refractivity contribution is -0.113. The Balaban J connectivity index is 1.36. The number of amides is 1. The highest BCUT2D eigenvalue weighted by atomic mass is 32.2. The number of carbonyl (C=O) groups excluding carboxylic acids is 1. The van der Waals surface area contributed by atoms with E-state index < -0.39 is 0 Å². The number of fused-ring (bicyclic) bond motifs is 2. The topological polar surface area (TPSA) is 122 Å². The SMILES string of the molecule is O=C(CSc1nc2ccccc2c(=O)n1CC1CCCO1)Nc1ccc2[nH]c(=O)[nH]c2c1. The van der Waals surface area contributed by atoms with Crippen LogP contribution in [0.2, 0.25) is 0 Å². The van der Waals surface area contributed by atoms with Crippen molar-refractivity contribution in [1.82, 2.24) is 19.5 Å². The second-order valence-corrected chi connectivity index (χ2v) is 8.58. The average molecular weight is 452 g/mol. The molecule has 1 atom stereocenters. The Bertz CT molecular complexity index is 1420. The first-order valence-corrected chi connectivity index (χ1v) is 11.3. The molecule has 0 aliphatic carbocycles. The number of aromatic amines is 2. The van der Waals surface area contributed by atoms with E-state index in [0.717, 1.165) is 12.8 Å². The van der Waals surface area contributed by atoms with Crippen molar-refractivity contribution in [2.75, 3.05) is 17.7 Å². The third-order valence-electron chi connectivity index (χ3n) is 5.37. The number of benzene rings is 2. The summed E-state index contributed by atoms with van der Waals surface area (Å²) >= 11 is 1.21. The molecule has 3 heterocycles. The first kappa shape index (κ1) is 20.5. The number of rotatable bonds is 6. The highest BCUT2D eigenvalue weighted by molar-refractivity contribution is 7.99. The molecule has 3 N–H and O–H groups in total. The number of aromatic nitrogens is 4. The number of anilines is 1. The van der Waals surface area contributed by atoms with Gasteiger partial charge in [-0.05, 0) is 43.2 Å². The minimum absolute atomic E-state index is 0.0286. The zero-order valence-electron chi connectivity index (χ0n) is 17.1. The number of para-hydroxylation sites is 1. The lowest BCUT2D eigenvalue weighted by atomic mass is 10.2. The molecule has 1 unspecified atom stereocenters. The number of nitrogens with zero attached hydrogens (tertiary/aromatic N) is 2. The predicted octanol–water partition coefficient (Wildman–Crippen LogP) is 2.48. The maximum Gasteiger partial charge on any atom is 0.323 e. The minimum atomic E-state index is -0.300. The fourth-order valence-electron chi connectivity index (χ4n) is 3.85. The quantitative estimate of drug-likeness (QED) is 0.306. The Morgan fingerprint density at radius 3 is 2.88 bits per heavy atom. The molecule has 1 saturated heterocycles. The third-order valence-corrected chi connectivity index (χ3v) is 6.35. The molecule has 9 nitrogen and oxygen atoms in total. The molecule has 0 saturated carbocycles. The van der Waals surface area contributed by atoms with E-state index >= 15 is 0 Å². The zero-order valence-corrected chi connectivity index (χ0v) is 17.9. The second kappa shape index (κ2) is 8.64. The van der Waals surface area contributed by atoms with Crippen LogP contribution in [0.4, 0.5) is 5.69 Å². The standard InChI is InChI=1S/C22H21N5O4S/c28-19(23-13-7-8-17-18(10-13)25-21(30)24-17)12-32-22-26-16-6-2-1-5-15(16)20(29)27(22)11-14-4-3-9-31-14/h1-2,5-8,10,14H,3-4,9,11-12H2,(H,23,28)(H2,24,25,30). The van der Waals surface area contributed by atoms with Gasteiger partial charge in [0.25, 0.3) is 5.56 Å². The fraction of sp³-hybridized carbons (Fsp3) is 0.273. The van der Waals surface area contributed by atoms with Crippen molar-refractivity contribution < 1.29 is 9.53 Å². The van der Waals surface area contributed by atoms with Gasteiger partial charge in [0.05, 0.1) is 40.3 Å². The van der Waals surface area contributed by atoms with E-state index in [1.807, 2.05) is 12.1 Å². The normalized spacial score (nSPS) is 16.1. The minimum Gasteiger partial charge on any atom is -0.376 e. The summed E-state index contributed by atoms with van der Waals surface area (Å²) in [5.74, 6) is -0.156. The monoisotopic (exact) mass is 451 g/mol. The maximum atomic E-state index is 13.1. The van der Waals surface area contributed by atoms with Crippen LogP contribution in [-0.2, 0) is 16.1 Å². The summed E-state index contributed by atoms with van der Waals surface area (Å²) in [5, 5.41) is 3.86. The molecule has 0 bridgehead atoms. The van der Waals surface area contributed by atoms with Gasteiger partial charge in [-0.3, -0.25) is 14.2 Å². The van der Waals surface area contributed by atoms with Crippen molar-refractivity contribution in [3.05, 3.63) is 63.3 Å². The Morgan fingerprint density at radius 2 is 2.03 bits per heavy atom. The van der Waals surface area contributed by atoms with Crippen LogP contribution >= 0.6 is 11.8 Å². The molecule has 5 rings (SSSR count). The van der Waals surface area contributed by atoms with E-state index in [-0.39, 0.29) is 29.0 Å². The summed E-state index contributed by atoms with van der Waals surface area (Å²) in [4.78, 5) is 47.1. The lowest BCUT2D eigenvalue weighted by Crippen LogP contribution is -2.29. The summed E-state index contributed by atoms with van der Waals surface area (Å²) in [6.07, 6.45) is 1.84. The van der Waals surface area contributed by atoms with Gasteiger partial charge in [-0.2, -0.15) is 0 Å². The van der Waals surface area contributed by atoms with Gasteiger partial charge >= 0.3 is 5.69 Å². The number of imidazole rings is 1. The van der Waals surface area contributed by atoms with E-state index in [2.05, 4.69) is 20.3 Å². The molecule has 10 heteroatoms. The molecular formula is C22H21N5O4S. The maximum absolute atomic E-state index is 13.1. The lowest BCUT2D eigenvalue weighted by Gasteiger charge is -2.16. The fourth-order valence-corrected chi connectivity index (χ4v) is 4.66. The first-order chi connectivity index (χ1) is 15.6. The Kier molecular flexibility index (Phi) is 5.54. The molecule has 1 fully saturated rings. The molecule has 1 amide bonds. The van der Waals surface area contributed by atoms with Crippen molar-refractivity contribution in [1.29, 1.82) is 0 Å². The molecule has 164 valence electrons. The molecule has 32 heavy (non-hydrogen) atoms. The smallest absolute Gasteiger partial charge is 0.323 e. The van der Waals surface area contributed by atoms with Gasteiger partial charge in [0.2, 0.25) is 5.91 Å². The van der Waals surface area contributed by atoms with Crippen LogP contribution in [0.15, 0.2) is 57.2 Å².